The molecule has 0 bridgehead atoms. The molecule has 144 valence electrons. The third-order valence-corrected chi connectivity index (χ3v) is 5.07. The molecule has 2 heterocycles. The Morgan fingerprint density at radius 2 is 1.81 bits per heavy atom. The maximum atomic E-state index is 12.6. The highest BCUT2D eigenvalue weighted by atomic mass is 16.5. The highest BCUT2D eigenvalue weighted by Crippen LogP contribution is 2.33. The Balaban J connectivity index is 1.56. The molecule has 6 heteroatoms. The summed E-state index contributed by atoms with van der Waals surface area (Å²) in [6, 6.07) is 8.05. The molecule has 27 heavy (non-hydrogen) atoms. The van der Waals surface area contributed by atoms with Gasteiger partial charge < -0.3 is 14.4 Å². The molecule has 1 aromatic carbocycles. The lowest BCUT2D eigenvalue weighted by atomic mass is 9.99. The fourth-order valence-corrected chi connectivity index (χ4v) is 3.36. The number of hydrogen-bond donors (Lipinski definition) is 0. The molecule has 0 aliphatic carbocycles. The van der Waals surface area contributed by atoms with Crippen LogP contribution in [0.5, 0.6) is 11.5 Å². The standard InChI is InChI=1S/C21H27N3O3/c1-23(10-6-16-4-8-22-9-5-16)21(25)15-24-11-7-17-12-19(26-2)20(27-3)13-18(17)14-24/h4-5,8-9,12-13H,6-7,10-11,14-15H2,1-3H3. The van der Waals surface area contributed by atoms with E-state index in [0.29, 0.717) is 13.1 Å². The minimum absolute atomic E-state index is 0.146. The molecule has 0 radical (unpaired) electrons. The van der Waals surface area contributed by atoms with Crippen molar-refractivity contribution in [1.29, 1.82) is 0 Å². The van der Waals surface area contributed by atoms with Gasteiger partial charge in [-0.1, -0.05) is 0 Å². The molecular weight excluding hydrogens is 342 g/mol. The number of nitrogens with zero attached hydrogens (tertiary/aromatic N) is 3. The van der Waals surface area contributed by atoms with Crippen LogP contribution < -0.4 is 9.47 Å². The SMILES string of the molecule is COc1cc2c(cc1OC)CN(CC(=O)N(C)CCc1ccncc1)CC2. The van der Waals surface area contributed by atoms with Crippen LogP contribution in [0.2, 0.25) is 0 Å². The summed E-state index contributed by atoms with van der Waals surface area (Å²) in [6.07, 6.45) is 5.31. The molecule has 1 amide bonds. The minimum Gasteiger partial charge on any atom is -0.493 e. The van der Waals surface area contributed by atoms with Crippen LogP contribution in [0.15, 0.2) is 36.7 Å². The van der Waals surface area contributed by atoms with Gasteiger partial charge in [-0.05, 0) is 53.8 Å². The zero-order valence-corrected chi connectivity index (χ0v) is 16.3. The van der Waals surface area contributed by atoms with E-state index in [1.807, 2.05) is 36.2 Å². The summed E-state index contributed by atoms with van der Waals surface area (Å²) in [5.41, 5.74) is 3.66. The number of amides is 1. The van der Waals surface area contributed by atoms with E-state index in [9.17, 15) is 4.79 Å². The third kappa shape index (κ3) is 4.77. The van der Waals surface area contributed by atoms with Gasteiger partial charge in [-0.2, -0.15) is 0 Å². The van der Waals surface area contributed by atoms with Gasteiger partial charge in [-0.15, -0.1) is 0 Å². The lowest BCUT2D eigenvalue weighted by Gasteiger charge is -2.30. The zero-order chi connectivity index (χ0) is 19.2. The van der Waals surface area contributed by atoms with Crippen molar-refractivity contribution >= 4 is 5.91 Å². The Kier molecular flexibility index (Phi) is 6.29. The first-order valence-corrected chi connectivity index (χ1v) is 9.19. The molecule has 1 aliphatic heterocycles. The van der Waals surface area contributed by atoms with Crippen molar-refractivity contribution < 1.29 is 14.3 Å². The van der Waals surface area contributed by atoms with Crippen molar-refractivity contribution in [1.82, 2.24) is 14.8 Å². The molecule has 0 N–H and O–H groups in total. The van der Waals surface area contributed by atoms with Gasteiger partial charge in [0, 0.05) is 39.1 Å². The van der Waals surface area contributed by atoms with Crippen LogP contribution in [0, 0.1) is 0 Å². The number of methoxy groups -OCH3 is 2. The average Bonchev–Trinajstić information content (AvgIpc) is 2.71. The number of carbonyl (C=O) groups is 1. The summed E-state index contributed by atoms with van der Waals surface area (Å²) in [7, 11) is 5.17. The lowest BCUT2D eigenvalue weighted by Crippen LogP contribution is -2.41. The Labute approximate surface area is 160 Å². The molecular formula is C21H27N3O3. The molecule has 0 atom stereocenters. The van der Waals surface area contributed by atoms with Crippen molar-refractivity contribution in [3.05, 3.63) is 53.3 Å². The van der Waals surface area contributed by atoms with Gasteiger partial charge in [0.05, 0.1) is 20.8 Å². The fourth-order valence-electron chi connectivity index (χ4n) is 3.36. The number of rotatable bonds is 7. The zero-order valence-electron chi connectivity index (χ0n) is 16.3. The molecule has 1 aliphatic rings. The van der Waals surface area contributed by atoms with Crippen LogP contribution in [0.25, 0.3) is 0 Å². The van der Waals surface area contributed by atoms with Gasteiger partial charge in [0.1, 0.15) is 0 Å². The van der Waals surface area contributed by atoms with Crippen molar-refractivity contribution in [3.63, 3.8) is 0 Å². The summed E-state index contributed by atoms with van der Waals surface area (Å²) >= 11 is 0. The van der Waals surface area contributed by atoms with Gasteiger partial charge in [-0.3, -0.25) is 14.7 Å². The van der Waals surface area contributed by atoms with Crippen molar-refractivity contribution in [2.75, 3.05) is 40.9 Å². The average molecular weight is 369 g/mol. The Hall–Kier alpha value is -2.60. The van der Waals surface area contributed by atoms with Crippen LogP contribution in [0.3, 0.4) is 0 Å². The monoisotopic (exact) mass is 369 g/mol. The van der Waals surface area contributed by atoms with Gasteiger partial charge in [0.2, 0.25) is 5.91 Å². The van der Waals surface area contributed by atoms with Crippen LogP contribution in [-0.4, -0.2) is 61.6 Å². The number of hydrogen-bond acceptors (Lipinski definition) is 5. The van der Waals surface area contributed by atoms with E-state index >= 15 is 0 Å². The molecule has 2 aromatic rings. The molecule has 0 saturated heterocycles. The molecule has 6 nitrogen and oxygen atoms in total. The van der Waals surface area contributed by atoms with E-state index < -0.39 is 0 Å². The van der Waals surface area contributed by atoms with E-state index in [1.54, 1.807) is 26.6 Å². The molecule has 3 rings (SSSR count). The Morgan fingerprint density at radius 3 is 2.48 bits per heavy atom. The number of aromatic nitrogens is 1. The van der Waals surface area contributed by atoms with E-state index in [-0.39, 0.29) is 5.91 Å². The molecule has 1 aromatic heterocycles. The summed E-state index contributed by atoms with van der Waals surface area (Å²) in [5, 5.41) is 0. The number of ether oxygens (including phenoxy) is 2. The predicted molar refractivity (Wildman–Crippen MR) is 104 cm³/mol. The third-order valence-electron chi connectivity index (χ3n) is 5.07. The van der Waals surface area contributed by atoms with E-state index in [2.05, 4.69) is 9.88 Å². The van der Waals surface area contributed by atoms with Gasteiger partial charge in [0.15, 0.2) is 11.5 Å². The van der Waals surface area contributed by atoms with Crippen LogP contribution in [0.1, 0.15) is 16.7 Å². The molecule has 0 spiro atoms. The largest absolute Gasteiger partial charge is 0.493 e. The van der Waals surface area contributed by atoms with E-state index in [0.717, 1.165) is 37.4 Å². The maximum absolute atomic E-state index is 12.6. The number of benzene rings is 1. The van der Waals surface area contributed by atoms with Crippen molar-refractivity contribution in [2.45, 2.75) is 19.4 Å². The normalized spacial score (nSPS) is 13.7. The molecule has 0 fully saturated rings. The van der Waals surface area contributed by atoms with Crippen molar-refractivity contribution in [2.24, 2.45) is 0 Å². The number of carbonyl (C=O) groups excluding carboxylic acids is 1. The maximum Gasteiger partial charge on any atom is 0.236 e. The van der Waals surface area contributed by atoms with Crippen LogP contribution in [0.4, 0.5) is 0 Å². The second kappa shape index (κ2) is 8.86. The van der Waals surface area contributed by atoms with E-state index in [1.165, 1.54) is 16.7 Å². The number of pyridine rings is 1. The summed E-state index contributed by atoms with van der Waals surface area (Å²) < 4.78 is 10.8. The summed E-state index contributed by atoms with van der Waals surface area (Å²) in [4.78, 5) is 20.6. The summed E-state index contributed by atoms with van der Waals surface area (Å²) in [6.45, 7) is 2.75. The highest BCUT2D eigenvalue weighted by molar-refractivity contribution is 5.78. The van der Waals surface area contributed by atoms with Crippen molar-refractivity contribution in [3.8, 4) is 11.5 Å². The van der Waals surface area contributed by atoms with Crippen LogP contribution >= 0.6 is 0 Å². The minimum atomic E-state index is 0.146. The molecule has 0 unspecified atom stereocenters. The quantitative estimate of drug-likeness (QED) is 0.749. The summed E-state index contributed by atoms with van der Waals surface area (Å²) in [5.74, 6) is 1.64. The Morgan fingerprint density at radius 1 is 1.15 bits per heavy atom. The highest BCUT2D eigenvalue weighted by Gasteiger charge is 2.22. The predicted octanol–water partition coefficient (Wildman–Crippen LogP) is 2.16. The van der Waals surface area contributed by atoms with Gasteiger partial charge >= 0.3 is 0 Å². The molecule has 0 saturated carbocycles. The Bertz CT molecular complexity index is 780. The first kappa shape index (κ1) is 19.2. The lowest BCUT2D eigenvalue weighted by molar-refractivity contribution is -0.131. The first-order valence-electron chi connectivity index (χ1n) is 9.19. The van der Waals surface area contributed by atoms with Gasteiger partial charge in [0.25, 0.3) is 0 Å². The van der Waals surface area contributed by atoms with Gasteiger partial charge in [-0.25, -0.2) is 0 Å². The second-order valence-electron chi connectivity index (χ2n) is 6.86. The van der Waals surface area contributed by atoms with E-state index in [4.69, 9.17) is 9.47 Å². The topological polar surface area (TPSA) is 54.9 Å². The second-order valence-corrected chi connectivity index (χ2v) is 6.86. The number of likely N-dealkylation sites (N-methyl/N-ethyl adjacent to an activating group) is 1. The smallest absolute Gasteiger partial charge is 0.236 e. The fraction of sp³-hybridized carbons (Fsp3) is 0.429. The first-order chi connectivity index (χ1) is 13.1. The van der Waals surface area contributed by atoms with Crippen LogP contribution in [-0.2, 0) is 24.2 Å². The number of fused-ring (bicyclic) bond motifs is 1.